The highest BCUT2D eigenvalue weighted by Crippen LogP contribution is 2.19. The highest BCUT2D eigenvalue weighted by Gasteiger charge is 2.16. The Morgan fingerprint density at radius 3 is 2.27 bits per heavy atom. The Morgan fingerprint density at radius 2 is 1.67 bits per heavy atom. The molecule has 0 spiro atoms. The molecule has 1 heteroatoms. The largest absolute Gasteiger partial charge is 0.303 e. The summed E-state index contributed by atoms with van der Waals surface area (Å²) in [5.74, 6) is 0.986. The van der Waals surface area contributed by atoms with Crippen molar-refractivity contribution < 1.29 is 0 Å². The Hall–Kier alpha value is -0.0400. The molecule has 1 atom stereocenters. The molecule has 0 aromatic carbocycles. The molecule has 0 aliphatic carbocycles. The summed E-state index contributed by atoms with van der Waals surface area (Å²) in [7, 11) is 0. The molecule has 15 heavy (non-hydrogen) atoms. The average molecular weight is 211 g/mol. The first kappa shape index (κ1) is 13.0. The first-order valence-corrected chi connectivity index (χ1v) is 7.09. The van der Waals surface area contributed by atoms with E-state index < -0.39 is 0 Å². The summed E-state index contributed by atoms with van der Waals surface area (Å²) >= 11 is 0. The van der Waals surface area contributed by atoms with Crippen LogP contribution >= 0.6 is 0 Å². The van der Waals surface area contributed by atoms with Crippen molar-refractivity contribution in [1.82, 2.24) is 4.90 Å². The summed E-state index contributed by atoms with van der Waals surface area (Å²) in [6.07, 6.45) is 11.4. The van der Waals surface area contributed by atoms with Crippen molar-refractivity contribution in [3.05, 3.63) is 0 Å². The number of hydrogen-bond donors (Lipinski definition) is 0. The van der Waals surface area contributed by atoms with E-state index in [0.717, 1.165) is 5.92 Å². The lowest BCUT2D eigenvalue weighted by Gasteiger charge is -2.23. The third-order valence-corrected chi connectivity index (χ3v) is 3.63. The van der Waals surface area contributed by atoms with Gasteiger partial charge in [-0.05, 0) is 44.7 Å². The van der Waals surface area contributed by atoms with Crippen LogP contribution in [0.15, 0.2) is 0 Å². The van der Waals surface area contributed by atoms with E-state index in [-0.39, 0.29) is 0 Å². The van der Waals surface area contributed by atoms with Gasteiger partial charge in [-0.15, -0.1) is 0 Å². The lowest BCUT2D eigenvalue weighted by atomic mass is 9.96. The first-order chi connectivity index (χ1) is 7.36. The van der Waals surface area contributed by atoms with Crippen molar-refractivity contribution in [3.8, 4) is 0 Å². The van der Waals surface area contributed by atoms with Crippen LogP contribution in [0, 0.1) is 5.92 Å². The molecule has 1 heterocycles. The quantitative estimate of drug-likeness (QED) is 0.547. The Labute approximate surface area is 96.2 Å². The third kappa shape index (κ3) is 5.55. The van der Waals surface area contributed by atoms with Crippen molar-refractivity contribution in [2.24, 2.45) is 5.92 Å². The number of rotatable bonds is 8. The minimum absolute atomic E-state index is 0.986. The van der Waals surface area contributed by atoms with E-state index in [1.54, 1.807) is 0 Å². The van der Waals surface area contributed by atoms with Crippen LogP contribution < -0.4 is 0 Å². The average Bonchev–Trinajstić information content (AvgIpc) is 2.71. The summed E-state index contributed by atoms with van der Waals surface area (Å²) in [5.41, 5.74) is 0. The maximum absolute atomic E-state index is 2.69. The third-order valence-electron chi connectivity index (χ3n) is 3.63. The molecule has 0 N–H and O–H groups in total. The Morgan fingerprint density at radius 1 is 0.933 bits per heavy atom. The van der Waals surface area contributed by atoms with Gasteiger partial charge in [0.1, 0.15) is 0 Å². The van der Waals surface area contributed by atoms with E-state index >= 15 is 0 Å². The van der Waals surface area contributed by atoms with Crippen LogP contribution in [-0.4, -0.2) is 24.5 Å². The molecule has 1 rings (SSSR count). The maximum atomic E-state index is 2.69. The van der Waals surface area contributed by atoms with E-state index in [1.807, 2.05) is 0 Å². The summed E-state index contributed by atoms with van der Waals surface area (Å²) in [6, 6.07) is 0. The molecule has 1 nitrogen and oxygen atoms in total. The van der Waals surface area contributed by atoms with Gasteiger partial charge < -0.3 is 4.90 Å². The normalized spacial score (nSPS) is 19.6. The highest BCUT2D eigenvalue weighted by atomic mass is 15.1. The zero-order valence-corrected chi connectivity index (χ0v) is 10.8. The van der Waals surface area contributed by atoms with Crippen LogP contribution in [0.5, 0.6) is 0 Å². The lowest BCUT2D eigenvalue weighted by molar-refractivity contribution is 0.254. The summed E-state index contributed by atoms with van der Waals surface area (Å²) in [5, 5.41) is 0. The van der Waals surface area contributed by atoms with Gasteiger partial charge in [0.15, 0.2) is 0 Å². The molecular formula is C14H29N. The molecule has 1 fully saturated rings. The zero-order chi connectivity index (χ0) is 10.9. The van der Waals surface area contributed by atoms with Crippen LogP contribution in [0.4, 0.5) is 0 Å². The Balaban J connectivity index is 2.16. The fraction of sp³-hybridized carbons (Fsp3) is 1.00. The zero-order valence-electron chi connectivity index (χ0n) is 10.8. The predicted molar refractivity (Wildman–Crippen MR) is 68.2 cm³/mol. The summed E-state index contributed by atoms with van der Waals surface area (Å²) in [6.45, 7) is 8.76. The van der Waals surface area contributed by atoms with Crippen LogP contribution in [0.1, 0.15) is 65.2 Å². The maximum Gasteiger partial charge on any atom is 0.000965 e. The predicted octanol–water partition coefficient (Wildman–Crippen LogP) is 4.08. The van der Waals surface area contributed by atoms with Crippen molar-refractivity contribution in [2.45, 2.75) is 65.2 Å². The number of nitrogens with zero attached hydrogens (tertiary/aromatic N) is 1. The molecule has 0 radical (unpaired) electrons. The van der Waals surface area contributed by atoms with Gasteiger partial charge in [0.2, 0.25) is 0 Å². The molecular weight excluding hydrogens is 182 g/mol. The molecule has 1 unspecified atom stereocenters. The number of hydrogen-bond acceptors (Lipinski definition) is 1. The molecule has 90 valence electrons. The van der Waals surface area contributed by atoms with Crippen molar-refractivity contribution in [1.29, 1.82) is 0 Å². The fourth-order valence-electron chi connectivity index (χ4n) is 2.75. The van der Waals surface area contributed by atoms with E-state index in [2.05, 4.69) is 18.7 Å². The Kier molecular flexibility index (Phi) is 7.08. The molecule has 0 saturated carbocycles. The molecule has 1 saturated heterocycles. The van der Waals surface area contributed by atoms with E-state index in [9.17, 15) is 0 Å². The van der Waals surface area contributed by atoms with Gasteiger partial charge in [0.25, 0.3) is 0 Å². The molecule has 1 aliphatic heterocycles. The van der Waals surface area contributed by atoms with Gasteiger partial charge in [-0.2, -0.15) is 0 Å². The van der Waals surface area contributed by atoms with Crippen molar-refractivity contribution >= 4 is 0 Å². The minimum atomic E-state index is 0.986. The lowest BCUT2D eigenvalue weighted by Crippen LogP contribution is -2.26. The van der Waals surface area contributed by atoms with Gasteiger partial charge in [-0.3, -0.25) is 0 Å². The SMILES string of the molecule is CCCCCC(CCC)CN1CCCC1. The molecule has 0 aromatic heterocycles. The molecule has 0 bridgehead atoms. The molecule has 0 aromatic rings. The highest BCUT2D eigenvalue weighted by molar-refractivity contribution is 4.71. The summed E-state index contributed by atoms with van der Waals surface area (Å²) in [4.78, 5) is 2.69. The van der Waals surface area contributed by atoms with Gasteiger partial charge in [-0.1, -0.05) is 39.5 Å². The van der Waals surface area contributed by atoms with Gasteiger partial charge >= 0.3 is 0 Å². The topological polar surface area (TPSA) is 3.24 Å². The smallest absolute Gasteiger partial charge is 0.000965 e. The van der Waals surface area contributed by atoms with Crippen molar-refractivity contribution in [3.63, 3.8) is 0 Å². The Bertz CT molecular complexity index is 138. The van der Waals surface area contributed by atoms with E-state index in [0.29, 0.717) is 0 Å². The van der Waals surface area contributed by atoms with E-state index in [1.165, 1.54) is 71.0 Å². The van der Waals surface area contributed by atoms with Gasteiger partial charge in [-0.25, -0.2) is 0 Å². The second kappa shape index (κ2) is 8.15. The van der Waals surface area contributed by atoms with Crippen molar-refractivity contribution in [2.75, 3.05) is 19.6 Å². The van der Waals surface area contributed by atoms with Crippen LogP contribution in [-0.2, 0) is 0 Å². The molecule has 1 aliphatic rings. The van der Waals surface area contributed by atoms with Crippen LogP contribution in [0.25, 0.3) is 0 Å². The van der Waals surface area contributed by atoms with E-state index in [4.69, 9.17) is 0 Å². The molecule has 0 amide bonds. The second-order valence-corrected chi connectivity index (χ2v) is 5.16. The fourth-order valence-corrected chi connectivity index (χ4v) is 2.75. The van der Waals surface area contributed by atoms with Crippen LogP contribution in [0.3, 0.4) is 0 Å². The number of likely N-dealkylation sites (tertiary alicyclic amines) is 1. The van der Waals surface area contributed by atoms with Gasteiger partial charge in [0.05, 0.1) is 0 Å². The first-order valence-electron chi connectivity index (χ1n) is 7.09. The monoisotopic (exact) mass is 211 g/mol. The van der Waals surface area contributed by atoms with Gasteiger partial charge in [0, 0.05) is 6.54 Å². The number of unbranched alkanes of at least 4 members (excludes halogenated alkanes) is 2. The standard InChI is InChI=1S/C14H29N/c1-3-5-6-10-14(9-4-2)13-15-11-7-8-12-15/h14H,3-13H2,1-2H3. The van der Waals surface area contributed by atoms with Crippen LogP contribution in [0.2, 0.25) is 0 Å². The minimum Gasteiger partial charge on any atom is -0.303 e. The second-order valence-electron chi connectivity index (χ2n) is 5.16. The summed E-state index contributed by atoms with van der Waals surface area (Å²) < 4.78 is 0.